The second kappa shape index (κ2) is 7.52. The number of aryl methyl sites for hydroxylation is 1. The summed E-state index contributed by atoms with van der Waals surface area (Å²) in [6.07, 6.45) is 1.05. The molecule has 1 N–H and O–H groups in total. The van der Waals surface area contributed by atoms with E-state index >= 15 is 0 Å². The van der Waals surface area contributed by atoms with Crippen molar-refractivity contribution in [2.24, 2.45) is 0 Å². The number of aromatic amines is 1. The Balaban J connectivity index is 1.33. The van der Waals surface area contributed by atoms with Crippen molar-refractivity contribution in [1.82, 2.24) is 9.55 Å². The van der Waals surface area contributed by atoms with Gasteiger partial charge in [-0.05, 0) is 25.8 Å². The van der Waals surface area contributed by atoms with E-state index in [1.54, 1.807) is 0 Å². The average molecular weight is 396 g/mol. The molecule has 2 aliphatic heterocycles. The highest BCUT2D eigenvalue weighted by Crippen LogP contribution is 2.47. The Bertz CT molecular complexity index is 961. The predicted molar refractivity (Wildman–Crippen MR) is 93.9 cm³/mol. The number of hydrogen-bond acceptors (Lipinski definition) is 6. The van der Waals surface area contributed by atoms with E-state index in [1.807, 2.05) is 30.1 Å². The number of H-pyrrole nitrogens is 1. The standard InChI is InChI=1S/C17H18FN2O6P/c1-10-2-4-14-11(6-10)8-23-27(26-14)24-9-12-3-5-15(25-12)20-7-13(18)16(21)19-17(20)22/h2,4,6-7,12,15H,3,5,8-9H2,1H3,(H,19,21,22). The number of halogens is 1. The molecule has 4 rings (SSSR count). The van der Waals surface area contributed by atoms with Crippen LogP contribution in [0, 0.1) is 12.7 Å². The molecule has 2 aromatic rings. The van der Waals surface area contributed by atoms with Crippen LogP contribution in [0.2, 0.25) is 0 Å². The lowest BCUT2D eigenvalue weighted by atomic mass is 10.1. The Morgan fingerprint density at radius 1 is 1.37 bits per heavy atom. The van der Waals surface area contributed by atoms with E-state index in [9.17, 15) is 14.0 Å². The van der Waals surface area contributed by atoms with Gasteiger partial charge >= 0.3 is 14.3 Å². The summed E-state index contributed by atoms with van der Waals surface area (Å²) in [5, 5.41) is 0. The third-order valence-corrected chi connectivity index (χ3v) is 5.45. The zero-order valence-corrected chi connectivity index (χ0v) is 15.4. The zero-order chi connectivity index (χ0) is 19.0. The van der Waals surface area contributed by atoms with E-state index in [4.69, 9.17) is 18.3 Å². The van der Waals surface area contributed by atoms with E-state index in [-0.39, 0.29) is 12.7 Å². The SMILES string of the molecule is Cc1ccc2c(c1)COP(OCC1CCC(n3cc(F)c(=O)[nH]c3=O)O1)O2. The van der Waals surface area contributed by atoms with Crippen LogP contribution in [0.3, 0.4) is 0 Å². The fourth-order valence-electron chi connectivity index (χ4n) is 3.04. The van der Waals surface area contributed by atoms with Crippen LogP contribution in [0.25, 0.3) is 0 Å². The van der Waals surface area contributed by atoms with Gasteiger partial charge in [0.05, 0.1) is 25.5 Å². The highest BCUT2D eigenvalue weighted by Gasteiger charge is 2.31. The maximum absolute atomic E-state index is 13.4. The minimum atomic E-state index is -1.52. The summed E-state index contributed by atoms with van der Waals surface area (Å²) in [5.74, 6) is -0.280. The van der Waals surface area contributed by atoms with Gasteiger partial charge in [-0.2, -0.15) is 4.39 Å². The Labute approximate surface area is 154 Å². The number of rotatable bonds is 4. The van der Waals surface area contributed by atoms with Gasteiger partial charge in [0.2, 0.25) is 5.82 Å². The molecule has 0 amide bonds. The topological polar surface area (TPSA) is 91.8 Å². The highest BCUT2D eigenvalue weighted by molar-refractivity contribution is 7.42. The first kappa shape index (κ1) is 18.3. The lowest BCUT2D eigenvalue weighted by Gasteiger charge is -2.25. The molecule has 1 aromatic heterocycles. The third-order valence-electron chi connectivity index (χ3n) is 4.40. The van der Waals surface area contributed by atoms with Crippen LogP contribution in [0.1, 0.15) is 30.2 Å². The van der Waals surface area contributed by atoms with Crippen LogP contribution in [0.4, 0.5) is 4.39 Å². The Morgan fingerprint density at radius 3 is 3.07 bits per heavy atom. The minimum absolute atomic E-state index is 0.226. The van der Waals surface area contributed by atoms with E-state index in [0.29, 0.717) is 19.4 Å². The largest absolute Gasteiger partial charge is 0.426 e. The summed E-state index contributed by atoms with van der Waals surface area (Å²) < 4.78 is 37.2. The molecule has 27 heavy (non-hydrogen) atoms. The van der Waals surface area contributed by atoms with Crippen molar-refractivity contribution in [3.8, 4) is 5.75 Å². The molecule has 0 aliphatic carbocycles. The number of fused-ring (bicyclic) bond motifs is 1. The first-order valence-corrected chi connectivity index (χ1v) is 9.59. The van der Waals surface area contributed by atoms with E-state index < -0.39 is 31.9 Å². The normalized spacial score (nSPS) is 24.4. The Kier molecular flexibility index (Phi) is 5.10. The molecule has 1 aromatic carbocycles. The average Bonchev–Trinajstić information content (AvgIpc) is 3.11. The molecule has 3 atom stereocenters. The van der Waals surface area contributed by atoms with Crippen molar-refractivity contribution in [2.75, 3.05) is 6.61 Å². The molecule has 1 saturated heterocycles. The molecule has 0 bridgehead atoms. The summed E-state index contributed by atoms with van der Waals surface area (Å²) in [4.78, 5) is 24.9. The van der Waals surface area contributed by atoms with Gasteiger partial charge in [-0.25, -0.2) is 4.79 Å². The van der Waals surface area contributed by atoms with Crippen LogP contribution >= 0.6 is 8.60 Å². The maximum atomic E-state index is 13.4. The molecular formula is C17H18FN2O6P. The van der Waals surface area contributed by atoms with E-state index in [1.165, 1.54) is 0 Å². The second-order valence-electron chi connectivity index (χ2n) is 6.43. The third kappa shape index (κ3) is 3.96. The molecule has 3 heterocycles. The smallest absolute Gasteiger partial charge is 0.397 e. The van der Waals surface area contributed by atoms with Crippen molar-refractivity contribution in [3.05, 3.63) is 62.2 Å². The molecule has 3 unspecified atom stereocenters. The van der Waals surface area contributed by atoms with Crippen molar-refractivity contribution in [1.29, 1.82) is 0 Å². The summed E-state index contributed by atoms with van der Waals surface area (Å²) in [5.41, 5.74) is 0.364. The van der Waals surface area contributed by atoms with Crippen LogP contribution in [0.15, 0.2) is 34.0 Å². The quantitative estimate of drug-likeness (QED) is 0.799. The summed E-state index contributed by atoms with van der Waals surface area (Å²) in [6.45, 7) is 2.65. The summed E-state index contributed by atoms with van der Waals surface area (Å²) in [7, 11) is -1.52. The number of aromatic nitrogens is 2. The molecule has 1 fully saturated rings. The fraction of sp³-hybridized carbons (Fsp3) is 0.412. The zero-order valence-electron chi connectivity index (χ0n) is 14.5. The van der Waals surface area contributed by atoms with Crippen molar-refractivity contribution in [2.45, 2.75) is 38.7 Å². The molecule has 8 nitrogen and oxygen atoms in total. The summed E-state index contributed by atoms with van der Waals surface area (Å²) in [6, 6.07) is 5.86. The molecule has 10 heteroatoms. The number of nitrogens with one attached hydrogen (secondary N) is 1. The van der Waals surface area contributed by atoms with Crippen LogP contribution in [-0.4, -0.2) is 22.3 Å². The predicted octanol–water partition coefficient (Wildman–Crippen LogP) is 2.51. The number of nitrogens with zero attached hydrogens (tertiary/aromatic N) is 1. The van der Waals surface area contributed by atoms with Gasteiger partial charge in [-0.1, -0.05) is 17.7 Å². The second-order valence-corrected chi connectivity index (χ2v) is 7.58. The van der Waals surface area contributed by atoms with Gasteiger partial charge in [0.25, 0.3) is 5.56 Å². The fourth-order valence-corrected chi connectivity index (χ4v) is 4.09. The van der Waals surface area contributed by atoms with Gasteiger partial charge in [0.1, 0.15) is 12.0 Å². The monoisotopic (exact) mass is 396 g/mol. The van der Waals surface area contributed by atoms with E-state index in [2.05, 4.69) is 0 Å². The lowest BCUT2D eigenvalue weighted by Crippen LogP contribution is -2.34. The number of benzene rings is 1. The maximum Gasteiger partial charge on any atom is 0.397 e. The van der Waals surface area contributed by atoms with Crippen molar-refractivity contribution in [3.63, 3.8) is 0 Å². The van der Waals surface area contributed by atoms with Gasteiger partial charge in [0, 0.05) is 5.56 Å². The van der Waals surface area contributed by atoms with Crippen molar-refractivity contribution < 1.29 is 22.7 Å². The minimum Gasteiger partial charge on any atom is -0.426 e. The van der Waals surface area contributed by atoms with Crippen LogP contribution in [-0.2, 0) is 20.4 Å². The number of ether oxygens (including phenoxy) is 1. The molecule has 2 aliphatic rings. The van der Waals surface area contributed by atoms with Gasteiger partial charge < -0.3 is 9.26 Å². The molecule has 144 valence electrons. The molecular weight excluding hydrogens is 378 g/mol. The molecule has 0 saturated carbocycles. The van der Waals surface area contributed by atoms with Crippen molar-refractivity contribution >= 4 is 8.60 Å². The first-order valence-electron chi connectivity index (χ1n) is 8.49. The highest BCUT2D eigenvalue weighted by atomic mass is 31.2. The van der Waals surface area contributed by atoms with Gasteiger partial charge in [-0.15, -0.1) is 0 Å². The Morgan fingerprint density at radius 2 is 2.22 bits per heavy atom. The lowest BCUT2D eigenvalue weighted by molar-refractivity contribution is -0.0233. The molecule has 0 spiro atoms. The first-order chi connectivity index (χ1) is 13.0. The van der Waals surface area contributed by atoms with Gasteiger partial charge in [-0.3, -0.25) is 23.4 Å². The summed E-state index contributed by atoms with van der Waals surface area (Å²) >= 11 is 0. The molecule has 0 radical (unpaired) electrons. The van der Waals surface area contributed by atoms with Crippen LogP contribution in [0.5, 0.6) is 5.75 Å². The van der Waals surface area contributed by atoms with Gasteiger partial charge in [0.15, 0.2) is 0 Å². The van der Waals surface area contributed by atoms with E-state index in [0.717, 1.165) is 27.6 Å². The Hall–Kier alpha value is -2.06. The number of hydrogen-bond donors (Lipinski definition) is 1. The van der Waals surface area contributed by atoms with Crippen LogP contribution < -0.4 is 15.8 Å².